The number of hydrogen-bond donors (Lipinski definition) is 1. The molecule has 0 atom stereocenters. The summed E-state index contributed by atoms with van der Waals surface area (Å²) in [5.74, 6) is -0.211. The number of hydrogen-bond acceptors (Lipinski definition) is 3. The number of halogens is 1. The summed E-state index contributed by atoms with van der Waals surface area (Å²) in [6.07, 6.45) is 0. The SMILES string of the molecule is Cc1ccc(C)c(NCC(=O)c2oc3ccc(F)cc3c2C)c1. The molecule has 0 aliphatic carbocycles. The van der Waals surface area contributed by atoms with E-state index in [0.29, 0.717) is 16.5 Å². The molecule has 3 nitrogen and oxygen atoms in total. The van der Waals surface area contributed by atoms with Gasteiger partial charge in [-0.3, -0.25) is 4.79 Å². The van der Waals surface area contributed by atoms with Crippen LogP contribution in [0.15, 0.2) is 40.8 Å². The highest BCUT2D eigenvalue weighted by molar-refractivity contribution is 6.02. The number of furan rings is 1. The van der Waals surface area contributed by atoms with Crippen LogP contribution in [0.5, 0.6) is 0 Å². The van der Waals surface area contributed by atoms with Crippen LogP contribution in [-0.4, -0.2) is 12.3 Å². The Kier molecular flexibility index (Phi) is 3.90. The largest absolute Gasteiger partial charge is 0.453 e. The molecule has 2 aromatic carbocycles. The highest BCUT2D eigenvalue weighted by Crippen LogP contribution is 2.26. The molecule has 1 aromatic heterocycles. The number of Topliss-reactive ketones (excluding diaryl/α,β-unsaturated/α-hetero) is 1. The lowest BCUT2D eigenvalue weighted by Gasteiger charge is -2.09. The number of carbonyl (C=O) groups is 1. The molecule has 1 N–H and O–H groups in total. The van der Waals surface area contributed by atoms with Crippen molar-refractivity contribution in [2.45, 2.75) is 20.8 Å². The van der Waals surface area contributed by atoms with Gasteiger partial charge in [-0.2, -0.15) is 0 Å². The van der Waals surface area contributed by atoms with E-state index in [2.05, 4.69) is 5.32 Å². The van der Waals surface area contributed by atoms with E-state index < -0.39 is 0 Å². The summed E-state index contributed by atoms with van der Waals surface area (Å²) in [6.45, 7) is 5.90. The Morgan fingerprint density at radius 1 is 1.13 bits per heavy atom. The van der Waals surface area contributed by atoms with Crippen LogP contribution in [0.25, 0.3) is 11.0 Å². The zero-order chi connectivity index (χ0) is 16.6. The van der Waals surface area contributed by atoms with Gasteiger partial charge >= 0.3 is 0 Å². The van der Waals surface area contributed by atoms with E-state index in [1.54, 1.807) is 13.0 Å². The standard InChI is InChI=1S/C19H18FNO2/c1-11-4-5-12(2)16(8-11)21-10-17(22)19-13(3)15-9-14(20)6-7-18(15)23-19/h4-9,21H,10H2,1-3H3. The van der Waals surface area contributed by atoms with E-state index in [1.807, 2.05) is 32.0 Å². The molecule has 0 radical (unpaired) electrons. The van der Waals surface area contributed by atoms with Gasteiger partial charge < -0.3 is 9.73 Å². The third kappa shape index (κ3) is 2.97. The Labute approximate surface area is 134 Å². The second-order valence-corrected chi connectivity index (χ2v) is 5.79. The predicted molar refractivity (Wildman–Crippen MR) is 89.6 cm³/mol. The molecule has 0 unspecified atom stereocenters. The number of ketones is 1. The minimum absolute atomic E-state index is 0.132. The average molecular weight is 311 g/mol. The van der Waals surface area contributed by atoms with E-state index >= 15 is 0 Å². The maximum Gasteiger partial charge on any atom is 0.217 e. The summed E-state index contributed by atoms with van der Waals surface area (Å²) in [5.41, 5.74) is 4.33. The fourth-order valence-electron chi connectivity index (χ4n) is 2.64. The number of anilines is 1. The van der Waals surface area contributed by atoms with Gasteiger partial charge in [0, 0.05) is 16.6 Å². The van der Waals surface area contributed by atoms with Crippen LogP contribution in [0.4, 0.5) is 10.1 Å². The Morgan fingerprint density at radius 3 is 2.70 bits per heavy atom. The first-order chi connectivity index (χ1) is 11.0. The lowest BCUT2D eigenvalue weighted by molar-refractivity contribution is 0.0981. The quantitative estimate of drug-likeness (QED) is 0.704. The third-order valence-corrected chi connectivity index (χ3v) is 3.98. The van der Waals surface area contributed by atoms with Crippen molar-refractivity contribution >= 4 is 22.4 Å². The number of aryl methyl sites for hydroxylation is 3. The van der Waals surface area contributed by atoms with Gasteiger partial charge in [0.15, 0.2) is 5.76 Å². The van der Waals surface area contributed by atoms with Gasteiger partial charge in [0.1, 0.15) is 11.4 Å². The monoisotopic (exact) mass is 311 g/mol. The molecule has 0 aliphatic heterocycles. The van der Waals surface area contributed by atoms with Gasteiger partial charge in [-0.1, -0.05) is 12.1 Å². The second kappa shape index (κ2) is 5.88. The molecular weight excluding hydrogens is 293 g/mol. The van der Waals surface area contributed by atoms with Crippen LogP contribution < -0.4 is 5.32 Å². The van der Waals surface area contributed by atoms with Crippen LogP contribution in [0.3, 0.4) is 0 Å². The van der Waals surface area contributed by atoms with Crippen molar-refractivity contribution < 1.29 is 13.6 Å². The van der Waals surface area contributed by atoms with Crippen molar-refractivity contribution in [1.82, 2.24) is 0 Å². The summed E-state index contributed by atoms with van der Waals surface area (Å²) in [7, 11) is 0. The maximum absolute atomic E-state index is 13.3. The summed E-state index contributed by atoms with van der Waals surface area (Å²) in [6, 6.07) is 10.3. The molecule has 0 amide bonds. The minimum Gasteiger partial charge on any atom is -0.453 e. The molecule has 23 heavy (non-hydrogen) atoms. The molecule has 3 rings (SSSR count). The summed E-state index contributed by atoms with van der Waals surface area (Å²) < 4.78 is 18.9. The first-order valence-electron chi connectivity index (χ1n) is 7.48. The number of nitrogens with one attached hydrogen (secondary N) is 1. The smallest absolute Gasteiger partial charge is 0.217 e. The van der Waals surface area contributed by atoms with Crippen LogP contribution in [0, 0.1) is 26.6 Å². The van der Waals surface area contributed by atoms with E-state index in [0.717, 1.165) is 16.8 Å². The van der Waals surface area contributed by atoms with Gasteiger partial charge in [0.25, 0.3) is 0 Å². The van der Waals surface area contributed by atoms with Crippen molar-refractivity contribution in [1.29, 1.82) is 0 Å². The van der Waals surface area contributed by atoms with Gasteiger partial charge in [0.05, 0.1) is 6.54 Å². The molecule has 0 saturated carbocycles. The summed E-state index contributed by atoms with van der Waals surface area (Å²) in [4.78, 5) is 12.4. The van der Waals surface area contributed by atoms with Crippen molar-refractivity contribution in [2.24, 2.45) is 0 Å². The van der Waals surface area contributed by atoms with Crippen molar-refractivity contribution in [3.63, 3.8) is 0 Å². The molecule has 1 heterocycles. The Hall–Kier alpha value is -2.62. The molecule has 0 fully saturated rings. The third-order valence-electron chi connectivity index (χ3n) is 3.98. The van der Waals surface area contributed by atoms with Crippen LogP contribution in [-0.2, 0) is 0 Å². The molecule has 3 aromatic rings. The Bertz CT molecular complexity index is 896. The molecule has 0 saturated heterocycles. The zero-order valence-electron chi connectivity index (χ0n) is 13.4. The van der Waals surface area contributed by atoms with Gasteiger partial charge in [-0.25, -0.2) is 4.39 Å². The molecule has 0 bridgehead atoms. The zero-order valence-corrected chi connectivity index (χ0v) is 13.4. The first kappa shape index (κ1) is 15.3. The Morgan fingerprint density at radius 2 is 1.91 bits per heavy atom. The number of fused-ring (bicyclic) bond motifs is 1. The molecule has 4 heteroatoms. The van der Waals surface area contributed by atoms with Gasteiger partial charge in [0.2, 0.25) is 5.78 Å². The summed E-state index contributed by atoms with van der Waals surface area (Å²) >= 11 is 0. The summed E-state index contributed by atoms with van der Waals surface area (Å²) in [5, 5.41) is 3.79. The maximum atomic E-state index is 13.3. The van der Waals surface area contributed by atoms with Crippen LogP contribution in [0.2, 0.25) is 0 Å². The van der Waals surface area contributed by atoms with Crippen molar-refractivity contribution in [2.75, 3.05) is 11.9 Å². The van der Waals surface area contributed by atoms with E-state index in [-0.39, 0.29) is 23.9 Å². The number of carbonyl (C=O) groups excluding carboxylic acids is 1. The highest BCUT2D eigenvalue weighted by Gasteiger charge is 2.18. The Balaban J connectivity index is 1.83. The fourth-order valence-corrected chi connectivity index (χ4v) is 2.64. The number of benzene rings is 2. The van der Waals surface area contributed by atoms with Gasteiger partial charge in [-0.15, -0.1) is 0 Å². The topological polar surface area (TPSA) is 42.2 Å². The van der Waals surface area contributed by atoms with E-state index in [9.17, 15) is 9.18 Å². The minimum atomic E-state index is -0.339. The normalized spacial score (nSPS) is 11.0. The van der Waals surface area contributed by atoms with Crippen LogP contribution >= 0.6 is 0 Å². The highest BCUT2D eigenvalue weighted by atomic mass is 19.1. The number of rotatable bonds is 4. The lowest BCUT2D eigenvalue weighted by atomic mass is 10.1. The van der Waals surface area contributed by atoms with Crippen LogP contribution in [0.1, 0.15) is 27.2 Å². The van der Waals surface area contributed by atoms with Crippen molar-refractivity contribution in [3.05, 3.63) is 64.7 Å². The predicted octanol–water partition coefficient (Wildman–Crippen LogP) is 4.79. The van der Waals surface area contributed by atoms with E-state index in [1.165, 1.54) is 12.1 Å². The first-order valence-corrected chi connectivity index (χ1v) is 7.48. The van der Waals surface area contributed by atoms with Gasteiger partial charge in [-0.05, 0) is 56.2 Å². The van der Waals surface area contributed by atoms with Crippen molar-refractivity contribution in [3.8, 4) is 0 Å². The second-order valence-electron chi connectivity index (χ2n) is 5.79. The molecule has 118 valence electrons. The molecule has 0 aliphatic rings. The average Bonchev–Trinajstić information content (AvgIpc) is 2.85. The van der Waals surface area contributed by atoms with E-state index in [4.69, 9.17) is 4.42 Å². The fraction of sp³-hybridized carbons (Fsp3) is 0.211. The molecule has 0 spiro atoms. The molecular formula is C19H18FNO2. The lowest BCUT2D eigenvalue weighted by Crippen LogP contribution is -2.14.